The summed E-state index contributed by atoms with van der Waals surface area (Å²) in [6.45, 7) is 2.92. The SMILES string of the molecule is Clc1ccc(Cl)c(CN[C@H]2CCNC2)c1. The third-order valence-electron chi connectivity index (χ3n) is 2.65. The first-order valence-electron chi connectivity index (χ1n) is 5.14. The average molecular weight is 245 g/mol. The van der Waals surface area contributed by atoms with Crippen molar-refractivity contribution in [3.8, 4) is 0 Å². The van der Waals surface area contributed by atoms with Crippen molar-refractivity contribution in [3.63, 3.8) is 0 Å². The second-order valence-electron chi connectivity index (χ2n) is 3.81. The zero-order valence-corrected chi connectivity index (χ0v) is 9.91. The lowest BCUT2D eigenvalue weighted by Crippen LogP contribution is -2.30. The molecule has 4 heteroatoms. The molecule has 1 aliphatic heterocycles. The van der Waals surface area contributed by atoms with Gasteiger partial charge in [0.05, 0.1) is 0 Å². The Kier molecular flexibility index (Phi) is 3.87. The van der Waals surface area contributed by atoms with Gasteiger partial charge in [0.15, 0.2) is 0 Å². The molecule has 1 heterocycles. The normalized spacial score (nSPS) is 20.8. The minimum Gasteiger partial charge on any atom is -0.315 e. The molecule has 0 radical (unpaired) electrons. The van der Waals surface area contributed by atoms with Gasteiger partial charge in [-0.2, -0.15) is 0 Å². The summed E-state index contributed by atoms with van der Waals surface area (Å²) in [5.41, 5.74) is 1.07. The first kappa shape index (κ1) is 11.2. The fraction of sp³-hybridized carbons (Fsp3) is 0.455. The van der Waals surface area contributed by atoms with Crippen LogP contribution >= 0.6 is 23.2 Å². The van der Waals surface area contributed by atoms with Crippen LogP contribution in [0.15, 0.2) is 18.2 Å². The molecule has 15 heavy (non-hydrogen) atoms. The molecule has 1 saturated heterocycles. The van der Waals surface area contributed by atoms with E-state index in [1.165, 1.54) is 6.42 Å². The molecule has 0 aromatic heterocycles. The average Bonchev–Trinajstić information content (AvgIpc) is 2.72. The summed E-state index contributed by atoms with van der Waals surface area (Å²) in [7, 11) is 0. The highest BCUT2D eigenvalue weighted by Gasteiger charge is 2.13. The van der Waals surface area contributed by atoms with Crippen LogP contribution in [0.4, 0.5) is 0 Å². The largest absolute Gasteiger partial charge is 0.315 e. The number of hydrogen-bond acceptors (Lipinski definition) is 2. The molecular weight excluding hydrogens is 231 g/mol. The Labute approximate surface area is 100.0 Å². The first-order chi connectivity index (χ1) is 7.25. The van der Waals surface area contributed by atoms with Crippen LogP contribution in [-0.2, 0) is 6.54 Å². The third kappa shape index (κ3) is 3.08. The van der Waals surface area contributed by atoms with Gasteiger partial charge in [-0.05, 0) is 36.7 Å². The van der Waals surface area contributed by atoms with E-state index in [9.17, 15) is 0 Å². The van der Waals surface area contributed by atoms with Crippen molar-refractivity contribution in [2.75, 3.05) is 13.1 Å². The Balaban J connectivity index is 1.94. The second-order valence-corrected chi connectivity index (χ2v) is 4.65. The van der Waals surface area contributed by atoms with Gasteiger partial charge in [-0.25, -0.2) is 0 Å². The van der Waals surface area contributed by atoms with Crippen molar-refractivity contribution in [3.05, 3.63) is 33.8 Å². The van der Waals surface area contributed by atoms with Crippen LogP contribution in [0.25, 0.3) is 0 Å². The van der Waals surface area contributed by atoms with E-state index in [0.29, 0.717) is 6.04 Å². The van der Waals surface area contributed by atoms with E-state index < -0.39 is 0 Å². The molecule has 0 unspecified atom stereocenters. The first-order valence-corrected chi connectivity index (χ1v) is 5.89. The van der Waals surface area contributed by atoms with E-state index in [2.05, 4.69) is 10.6 Å². The fourth-order valence-corrected chi connectivity index (χ4v) is 2.14. The molecule has 0 spiro atoms. The molecule has 0 saturated carbocycles. The molecule has 1 atom stereocenters. The lowest BCUT2D eigenvalue weighted by molar-refractivity contribution is 0.547. The van der Waals surface area contributed by atoms with Crippen LogP contribution in [0.1, 0.15) is 12.0 Å². The fourth-order valence-electron chi connectivity index (χ4n) is 1.76. The molecule has 2 N–H and O–H groups in total. The number of rotatable bonds is 3. The molecule has 0 amide bonds. The maximum atomic E-state index is 6.07. The van der Waals surface area contributed by atoms with Gasteiger partial charge in [-0.1, -0.05) is 23.2 Å². The minimum absolute atomic E-state index is 0.556. The van der Waals surface area contributed by atoms with E-state index in [1.807, 2.05) is 18.2 Å². The predicted octanol–water partition coefficient (Wildman–Crippen LogP) is 2.44. The van der Waals surface area contributed by atoms with E-state index in [0.717, 1.165) is 35.2 Å². The molecule has 2 rings (SSSR count). The van der Waals surface area contributed by atoms with E-state index in [-0.39, 0.29) is 0 Å². The Bertz CT molecular complexity index is 335. The van der Waals surface area contributed by atoms with Crippen molar-refractivity contribution in [2.45, 2.75) is 19.0 Å². The van der Waals surface area contributed by atoms with Crippen molar-refractivity contribution >= 4 is 23.2 Å². The molecule has 1 aliphatic rings. The molecule has 0 bridgehead atoms. The lowest BCUT2D eigenvalue weighted by Gasteiger charge is -2.12. The van der Waals surface area contributed by atoms with Crippen LogP contribution in [0, 0.1) is 0 Å². The number of hydrogen-bond donors (Lipinski definition) is 2. The summed E-state index contributed by atoms with van der Waals surface area (Å²) in [5.74, 6) is 0. The van der Waals surface area contributed by atoms with Gasteiger partial charge >= 0.3 is 0 Å². The maximum Gasteiger partial charge on any atom is 0.0451 e. The minimum atomic E-state index is 0.556. The summed E-state index contributed by atoms with van der Waals surface area (Å²) in [5, 5.41) is 8.29. The molecule has 1 fully saturated rings. The third-order valence-corrected chi connectivity index (χ3v) is 3.25. The van der Waals surface area contributed by atoms with Gasteiger partial charge in [-0.3, -0.25) is 0 Å². The van der Waals surface area contributed by atoms with Gasteiger partial charge in [0, 0.05) is 29.2 Å². The van der Waals surface area contributed by atoms with Crippen LogP contribution < -0.4 is 10.6 Å². The van der Waals surface area contributed by atoms with Gasteiger partial charge < -0.3 is 10.6 Å². The van der Waals surface area contributed by atoms with Crippen molar-refractivity contribution in [1.29, 1.82) is 0 Å². The molecule has 1 aromatic carbocycles. The Morgan fingerprint density at radius 1 is 1.40 bits per heavy atom. The van der Waals surface area contributed by atoms with Crippen LogP contribution in [0.3, 0.4) is 0 Å². The smallest absolute Gasteiger partial charge is 0.0451 e. The second kappa shape index (κ2) is 5.17. The number of nitrogens with one attached hydrogen (secondary N) is 2. The predicted molar refractivity (Wildman–Crippen MR) is 64.6 cm³/mol. The number of benzene rings is 1. The Morgan fingerprint density at radius 2 is 2.27 bits per heavy atom. The van der Waals surface area contributed by atoms with Gasteiger partial charge in [-0.15, -0.1) is 0 Å². The monoisotopic (exact) mass is 244 g/mol. The van der Waals surface area contributed by atoms with Crippen LogP contribution in [-0.4, -0.2) is 19.1 Å². The van der Waals surface area contributed by atoms with E-state index >= 15 is 0 Å². The van der Waals surface area contributed by atoms with Crippen LogP contribution in [0.5, 0.6) is 0 Å². The van der Waals surface area contributed by atoms with E-state index in [4.69, 9.17) is 23.2 Å². The van der Waals surface area contributed by atoms with Crippen molar-refractivity contribution in [2.24, 2.45) is 0 Å². The highest BCUT2D eigenvalue weighted by molar-refractivity contribution is 6.33. The summed E-state index contributed by atoms with van der Waals surface area (Å²) in [6.07, 6.45) is 1.18. The van der Waals surface area contributed by atoms with Gasteiger partial charge in [0.2, 0.25) is 0 Å². The highest BCUT2D eigenvalue weighted by atomic mass is 35.5. The zero-order chi connectivity index (χ0) is 10.7. The van der Waals surface area contributed by atoms with Gasteiger partial charge in [0.1, 0.15) is 0 Å². The standard InChI is InChI=1S/C11H14Cl2N2/c12-9-1-2-11(13)8(5-9)6-15-10-3-4-14-7-10/h1-2,5,10,14-15H,3-4,6-7H2/t10-/m0/s1. The van der Waals surface area contributed by atoms with Crippen molar-refractivity contribution < 1.29 is 0 Å². The molecule has 82 valence electrons. The number of halogens is 2. The Morgan fingerprint density at radius 3 is 3.00 bits per heavy atom. The van der Waals surface area contributed by atoms with Crippen molar-refractivity contribution in [1.82, 2.24) is 10.6 Å². The Hall–Kier alpha value is -0.280. The summed E-state index contributed by atoms with van der Waals surface area (Å²) < 4.78 is 0. The quantitative estimate of drug-likeness (QED) is 0.854. The molecule has 1 aromatic rings. The summed E-state index contributed by atoms with van der Waals surface area (Å²) in [4.78, 5) is 0. The van der Waals surface area contributed by atoms with E-state index in [1.54, 1.807) is 0 Å². The van der Waals surface area contributed by atoms with Gasteiger partial charge in [0.25, 0.3) is 0 Å². The molecule has 2 nitrogen and oxygen atoms in total. The zero-order valence-electron chi connectivity index (χ0n) is 8.39. The highest BCUT2D eigenvalue weighted by Crippen LogP contribution is 2.20. The topological polar surface area (TPSA) is 24.1 Å². The van der Waals surface area contributed by atoms with Crippen LogP contribution in [0.2, 0.25) is 10.0 Å². The molecular formula is C11H14Cl2N2. The molecule has 0 aliphatic carbocycles. The maximum absolute atomic E-state index is 6.07. The summed E-state index contributed by atoms with van der Waals surface area (Å²) >= 11 is 12.0. The lowest BCUT2D eigenvalue weighted by atomic mass is 10.2. The summed E-state index contributed by atoms with van der Waals surface area (Å²) in [6, 6.07) is 6.12.